The van der Waals surface area contributed by atoms with Crippen LogP contribution in [0.3, 0.4) is 0 Å². The first-order valence-electron chi connectivity index (χ1n) is 8.19. The van der Waals surface area contributed by atoms with Gasteiger partial charge in [0.25, 0.3) is 0 Å². The van der Waals surface area contributed by atoms with Gasteiger partial charge in [-0.2, -0.15) is 0 Å². The van der Waals surface area contributed by atoms with Gasteiger partial charge in [0.05, 0.1) is 6.04 Å². The summed E-state index contributed by atoms with van der Waals surface area (Å²) in [6, 6.07) is 17.8. The van der Waals surface area contributed by atoms with Crippen LogP contribution < -0.4 is 5.32 Å². The standard InChI is InChI=1S/C20H21ClN2O/c1-15(16-7-9-19(21)10-8-16)22-20(24)23-13-11-18(12-14-23)17-5-3-2-4-6-17/h2-11,15H,12-14H2,1H3,(H,22,24). The molecule has 1 atom stereocenters. The molecule has 0 bridgehead atoms. The number of nitrogens with zero attached hydrogens (tertiary/aromatic N) is 1. The van der Waals surface area contributed by atoms with Crippen LogP contribution in [0.25, 0.3) is 5.57 Å². The molecule has 4 heteroatoms. The molecule has 24 heavy (non-hydrogen) atoms. The Hall–Kier alpha value is -2.26. The Labute approximate surface area is 147 Å². The number of halogens is 1. The van der Waals surface area contributed by atoms with E-state index in [-0.39, 0.29) is 12.1 Å². The molecule has 0 spiro atoms. The number of hydrogen-bond donors (Lipinski definition) is 1. The predicted molar refractivity (Wildman–Crippen MR) is 99.0 cm³/mol. The second-order valence-corrected chi connectivity index (χ2v) is 6.45. The summed E-state index contributed by atoms with van der Waals surface area (Å²) in [6.45, 7) is 3.36. The topological polar surface area (TPSA) is 32.3 Å². The van der Waals surface area contributed by atoms with E-state index in [9.17, 15) is 4.79 Å². The van der Waals surface area contributed by atoms with Crippen molar-refractivity contribution < 1.29 is 4.79 Å². The minimum absolute atomic E-state index is 0.0270. The van der Waals surface area contributed by atoms with Crippen LogP contribution in [-0.4, -0.2) is 24.0 Å². The molecular formula is C20H21ClN2O. The summed E-state index contributed by atoms with van der Waals surface area (Å²) < 4.78 is 0. The van der Waals surface area contributed by atoms with Gasteiger partial charge in [0, 0.05) is 18.1 Å². The van der Waals surface area contributed by atoms with Gasteiger partial charge in [0.15, 0.2) is 0 Å². The molecule has 0 radical (unpaired) electrons. The molecule has 0 fully saturated rings. The first kappa shape index (κ1) is 16.6. The van der Waals surface area contributed by atoms with Gasteiger partial charge in [-0.15, -0.1) is 0 Å². The van der Waals surface area contributed by atoms with E-state index >= 15 is 0 Å². The van der Waals surface area contributed by atoms with Crippen molar-refractivity contribution in [3.8, 4) is 0 Å². The van der Waals surface area contributed by atoms with Crippen LogP contribution in [0.15, 0.2) is 60.7 Å². The van der Waals surface area contributed by atoms with Crippen LogP contribution >= 0.6 is 11.6 Å². The maximum absolute atomic E-state index is 12.5. The van der Waals surface area contributed by atoms with Crippen molar-refractivity contribution in [3.05, 3.63) is 76.8 Å². The minimum Gasteiger partial charge on any atom is -0.331 e. The first-order valence-corrected chi connectivity index (χ1v) is 8.56. The van der Waals surface area contributed by atoms with Crippen molar-refractivity contribution in [3.63, 3.8) is 0 Å². The number of carbonyl (C=O) groups is 1. The number of urea groups is 1. The summed E-state index contributed by atoms with van der Waals surface area (Å²) in [5.41, 5.74) is 3.60. The molecule has 3 nitrogen and oxygen atoms in total. The zero-order valence-corrected chi connectivity index (χ0v) is 14.5. The monoisotopic (exact) mass is 340 g/mol. The van der Waals surface area contributed by atoms with Crippen molar-refractivity contribution in [1.29, 1.82) is 0 Å². The van der Waals surface area contributed by atoms with Gasteiger partial charge in [0.1, 0.15) is 0 Å². The summed E-state index contributed by atoms with van der Waals surface area (Å²) in [4.78, 5) is 14.3. The van der Waals surface area contributed by atoms with Crippen LogP contribution in [0.4, 0.5) is 4.79 Å². The lowest BCUT2D eigenvalue weighted by Gasteiger charge is -2.28. The summed E-state index contributed by atoms with van der Waals surface area (Å²) >= 11 is 5.91. The molecule has 1 aliphatic rings. The lowest BCUT2D eigenvalue weighted by atomic mass is 10.00. The van der Waals surface area contributed by atoms with E-state index in [1.54, 1.807) is 0 Å². The third-order valence-corrected chi connectivity index (χ3v) is 4.60. The molecule has 1 heterocycles. The average Bonchev–Trinajstić information content (AvgIpc) is 2.63. The van der Waals surface area contributed by atoms with Gasteiger partial charge in [-0.1, -0.05) is 60.1 Å². The second kappa shape index (κ2) is 7.54. The quantitative estimate of drug-likeness (QED) is 0.846. The largest absolute Gasteiger partial charge is 0.331 e. The first-order chi connectivity index (χ1) is 11.6. The molecule has 1 unspecified atom stereocenters. The number of rotatable bonds is 3. The lowest BCUT2D eigenvalue weighted by molar-refractivity contribution is 0.200. The van der Waals surface area contributed by atoms with Crippen LogP contribution in [0, 0.1) is 0 Å². The second-order valence-electron chi connectivity index (χ2n) is 6.01. The van der Waals surface area contributed by atoms with E-state index in [4.69, 9.17) is 11.6 Å². The third kappa shape index (κ3) is 3.98. The Bertz CT molecular complexity index is 725. The van der Waals surface area contributed by atoms with E-state index < -0.39 is 0 Å². The molecule has 0 aromatic heterocycles. The van der Waals surface area contributed by atoms with Gasteiger partial charge >= 0.3 is 6.03 Å². The molecule has 1 N–H and O–H groups in total. The molecule has 0 saturated carbocycles. The molecule has 1 aliphatic heterocycles. The summed E-state index contributed by atoms with van der Waals surface area (Å²) in [7, 11) is 0. The Morgan fingerprint density at radius 1 is 1.12 bits per heavy atom. The zero-order valence-electron chi connectivity index (χ0n) is 13.7. The third-order valence-electron chi connectivity index (χ3n) is 4.35. The Morgan fingerprint density at radius 2 is 1.83 bits per heavy atom. The average molecular weight is 341 g/mol. The van der Waals surface area contributed by atoms with Gasteiger partial charge in [-0.25, -0.2) is 4.79 Å². The highest BCUT2D eigenvalue weighted by Crippen LogP contribution is 2.22. The molecular weight excluding hydrogens is 320 g/mol. The molecule has 2 aromatic carbocycles. The van der Waals surface area contributed by atoms with Crippen LogP contribution in [-0.2, 0) is 0 Å². The van der Waals surface area contributed by atoms with E-state index in [1.165, 1.54) is 11.1 Å². The molecule has 0 saturated heterocycles. The van der Waals surface area contributed by atoms with Crippen LogP contribution in [0.1, 0.15) is 30.5 Å². The maximum atomic E-state index is 12.5. The van der Waals surface area contributed by atoms with E-state index in [0.29, 0.717) is 11.6 Å². The highest BCUT2D eigenvalue weighted by atomic mass is 35.5. The smallest absolute Gasteiger partial charge is 0.318 e. The van der Waals surface area contributed by atoms with Gasteiger partial charge in [-0.3, -0.25) is 0 Å². The summed E-state index contributed by atoms with van der Waals surface area (Å²) in [5, 5.41) is 3.76. The van der Waals surface area contributed by atoms with E-state index in [0.717, 1.165) is 18.5 Å². The molecule has 2 aromatic rings. The van der Waals surface area contributed by atoms with Crippen LogP contribution in [0.5, 0.6) is 0 Å². The lowest BCUT2D eigenvalue weighted by Crippen LogP contribution is -2.43. The number of nitrogens with one attached hydrogen (secondary N) is 1. The fraction of sp³-hybridized carbons (Fsp3) is 0.250. The summed E-state index contributed by atoms with van der Waals surface area (Å²) in [6.07, 6.45) is 3.03. The number of amides is 2. The van der Waals surface area contributed by atoms with Crippen molar-refractivity contribution in [2.45, 2.75) is 19.4 Å². The maximum Gasteiger partial charge on any atom is 0.318 e. The SMILES string of the molecule is CC(NC(=O)N1CC=C(c2ccccc2)CC1)c1ccc(Cl)cc1. The fourth-order valence-electron chi connectivity index (χ4n) is 2.88. The number of carbonyl (C=O) groups excluding carboxylic acids is 1. The Morgan fingerprint density at radius 3 is 2.46 bits per heavy atom. The zero-order chi connectivity index (χ0) is 16.9. The van der Waals surface area contributed by atoms with Crippen molar-refractivity contribution in [2.24, 2.45) is 0 Å². The van der Waals surface area contributed by atoms with Gasteiger partial charge in [-0.05, 0) is 42.2 Å². The minimum atomic E-state index is -0.0470. The molecule has 3 rings (SSSR count). The van der Waals surface area contributed by atoms with Gasteiger partial charge < -0.3 is 10.2 Å². The van der Waals surface area contributed by atoms with Crippen molar-refractivity contribution in [1.82, 2.24) is 10.2 Å². The molecule has 124 valence electrons. The van der Waals surface area contributed by atoms with E-state index in [2.05, 4.69) is 23.5 Å². The van der Waals surface area contributed by atoms with Crippen LogP contribution in [0.2, 0.25) is 5.02 Å². The highest BCUT2D eigenvalue weighted by Gasteiger charge is 2.19. The Kier molecular flexibility index (Phi) is 5.21. The number of benzene rings is 2. The Balaban J connectivity index is 1.59. The van der Waals surface area contributed by atoms with Crippen molar-refractivity contribution >= 4 is 23.2 Å². The normalized spacial score (nSPS) is 15.6. The molecule has 2 amide bonds. The summed E-state index contributed by atoms with van der Waals surface area (Å²) in [5.74, 6) is 0. The number of hydrogen-bond acceptors (Lipinski definition) is 1. The van der Waals surface area contributed by atoms with E-state index in [1.807, 2.05) is 54.3 Å². The highest BCUT2D eigenvalue weighted by molar-refractivity contribution is 6.30. The molecule has 0 aliphatic carbocycles. The van der Waals surface area contributed by atoms with Gasteiger partial charge in [0.2, 0.25) is 0 Å². The fourth-order valence-corrected chi connectivity index (χ4v) is 3.01. The van der Waals surface area contributed by atoms with Crippen molar-refractivity contribution in [2.75, 3.05) is 13.1 Å². The predicted octanol–water partition coefficient (Wildman–Crippen LogP) is 4.90.